The van der Waals surface area contributed by atoms with Crippen molar-refractivity contribution in [3.63, 3.8) is 0 Å². The zero-order valence-electron chi connectivity index (χ0n) is 9.54. The molecule has 0 aliphatic rings. The molecule has 0 aromatic rings. The van der Waals surface area contributed by atoms with Crippen LogP contribution in [0.25, 0.3) is 0 Å². The third-order valence-electron chi connectivity index (χ3n) is 0. The Morgan fingerprint density at radius 1 is 0.200 bits per heavy atom. The monoisotopic (exact) mass is 379 g/mol. The van der Waals surface area contributed by atoms with E-state index in [1.54, 1.807) is 0 Å². The third-order valence-corrected chi connectivity index (χ3v) is 0. The Balaban J connectivity index is -0.00000000500. The first kappa shape index (κ1) is 106. The van der Waals surface area contributed by atoms with Crippen molar-refractivity contribution in [1.82, 2.24) is 0 Å². The fraction of sp³-hybridized carbons (Fsp3) is 0. The molecule has 0 fully saturated rings. The number of hydrogen-bond acceptors (Lipinski definition) is 9. The van der Waals surface area contributed by atoms with Gasteiger partial charge in [0.1, 0.15) is 0 Å². The van der Waals surface area contributed by atoms with Crippen molar-refractivity contribution in [3.8, 4) is 0 Å². The minimum Gasteiger partial charge on any atom is -0.545 e. The van der Waals surface area contributed by atoms with E-state index in [9.17, 15) is 0 Å². The van der Waals surface area contributed by atoms with Crippen LogP contribution >= 0.6 is 0 Å². The van der Waals surface area contributed by atoms with Gasteiger partial charge in [0.2, 0.25) is 0 Å². The quantitative estimate of drug-likeness (QED) is 0.329. The van der Waals surface area contributed by atoms with E-state index in [0.717, 1.165) is 0 Å². The predicted octanol–water partition coefficient (Wildman–Crippen LogP) is -2.47. The summed E-state index contributed by atoms with van der Waals surface area (Å²) in [5.41, 5.74) is 0. The van der Waals surface area contributed by atoms with Gasteiger partial charge in [-0.2, -0.15) is 0 Å². The standard InChI is InChI=1S/9CHO.2Co/c9*1-2;;/h9*1H;;/q9*-1;;. The van der Waals surface area contributed by atoms with Gasteiger partial charge in [0.05, 0.1) is 0 Å². The van der Waals surface area contributed by atoms with Crippen LogP contribution < -0.4 is 0 Å². The van der Waals surface area contributed by atoms with Crippen molar-refractivity contribution >= 4 is 61.1 Å². The second-order valence-electron chi connectivity index (χ2n) is 0. The summed E-state index contributed by atoms with van der Waals surface area (Å²) in [5, 5.41) is 0. The SMILES string of the molecule is [CH-]=O.[CH-]=O.[CH-]=O.[CH-]=O.[CH-]=O.[CH-]=O.[CH-]=O.[CH-]=O.[CH-]=O.[Co].[Co]. The summed E-state index contributed by atoms with van der Waals surface area (Å²) in [6, 6.07) is 0. The van der Waals surface area contributed by atoms with Crippen molar-refractivity contribution in [1.29, 1.82) is 0 Å². The summed E-state index contributed by atoms with van der Waals surface area (Å²) in [4.78, 5) is 69.8. The summed E-state index contributed by atoms with van der Waals surface area (Å²) in [6.07, 6.45) is 0. The van der Waals surface area contributed by atoms with Gasteiger partial charge < -0.3 is 43.2 Å². The molecule has 0 saturated heterocycles. The zero-order chi connectivity index (χ0) is 18.0. The topological polar surface area (TPSA) is 154 Å². The zero-order valence-corrected chi connectivity index (χ0v) is 11.6. The predicted molar refractivity (Wildman–Crippen MR) is 60.8 cm³/mol. The fourth-order valence-electron chi connectivity index (χ4n) is 0. The molecule has 0 aromatic heterocycles. The molecule has 0 spiro atoms. The molecule has 0 rings (SSSR count). The van der Waals surface area contributed by atoms with Crippen LogP contribution in [0.5, 0.6) is 0 Å². The van der Waals surface area contributed by atoms with E-state index in [1.165, 1.54) is 0 Å². The number of carbonyl (C=O) groups excluding carboxylic acids is 9. The van der Waals surface area contributed by atoms with Crippen molar-refractivity contribution < 1.29 is 76.7 Å². The van der Waals surface area contributed by atoms with Crippen LogP contribution in [0.3, 0.4) is 0 Å². The Morgan fingerprint density at radius 3 is 0.200 bits per heavy atom. The molecule has 126 valence electrons. The molecule has 0 aliphatic carbocycles. The van der Waals surface area contributed by atoms with Crippen LogP contribution in [0.4, 0.5) is 0 Å². The molecule has 2 radical (unpaired) electrons. The Morgan fingerprint density at radius 2 is 0.200 bits per heavy atom. The molecule has 20 heavy (non-hydrogen) atoms. The van der Waals surface area contributed by atoms with Gasteiger partial charge in [-0.25, -0.2) is 0 Å². The molecule has 0 N–H and O–H groups in total. The Kier molecular flexibility index (Phi) is 6050. The first-order valence-electron chi connectivity index (χ1n) is 2.12. The van der Waals surface area contributed by atoms with Crippen molar-refractivity contribution in [2.45, 2.75) is 0 Å². The molecule has 0 saturated carbocycles. The number of hydrogen-bond donors (Lipinski definition) is 0. The van der Waals surface area contributed by atoms with E-state index in [0.29, 0.717) is 0 Å². The minimum atomic E-state index is 0. The molecule has 9 nitrogen and oxygen atoms in total. The maximum absolute atomic E-state index is 7.75. The second-order valence-corrected chi connectivity index (χ2v) is 0. The van der Waals surface area contributed by atoms with Crippen molar-refractivity contribution in [3.05, 3.63) is 0 Å². The number of rotatable bonds is 0. The van der Waals surface area contributed by atoms with Gasteiger partial charge in [-0.3, -0.25) is 61.1 Å². The summed E-state index contributed by atoms with van der Waals surface area (Å²) in [6.45, 7) is 29.2. The molecular formula is C9H9Co2O9-9. The van der Waals surface area contributed by atoms with E-state index in [4.69, 9.17) is 43.2 Å². The average molecular weight is 379 g/mol. The van der Waals surface area contributed by atoms with Crippen LogP contribution in [0, 0.1) is 0 Å². The summed E-state index contributed by atoms with van der Waals surface area (Å²) >= 11 is 0. The van der Waals surface area contributed by atoms with Crippen LogP contribution in [0.15, 0.2) is 0 Å². The largest absolute Gasteiger partial charge is 0.545 e. The van der Waals surface area contributed by atoms with E-state index < -0.39 is 0 Å². The minimum absolute atomic E-state index is 0. The van der Waals surface area contributed by atoms with Gasteiger partial charge in [-0.1, -0.05) is 0 Å². The van der Waals surface area contributed by atoms with Crippen LogP contribution in [-0.2, 0) is 76.7 Å². The Bertz CT molecular complexity index is 55.9. The first-order chi connectivity index (χ1) is 9.00. The smallest absolute Gasteiger partial charge is 0 e. The normalized spacial score (nSPS) is 1.80. The molecule has 0 bridgehead atoms. The van der Waals surface area contributed by atoms with Gasteiger partial charge in [-0.15, -0.1) is 0 Å². The van der Waals surface area contributed by atoms with Gasteiger partial charge in [0.25, 0.3) is 0 Å². The fourth-order valence-corrected chi connectivity index (χ4v) is 0. The summed E-state index contributed by atoms with van der Waals surface area (Å²) in [7, 11) is 0. The van der Waals surface area contributed by atoms with Crippen molar-refractivity contribution in [2.75, 3.05) is 0 Å². The third kappa shape index (κ3) is 948. The van der Waals surface area contributed by atoms with Gasteiger partial charge in [0, 0.05) is 33.6 Å². The summed E-state index contributed by atoms with van der Waals surface area (Å²) in [5.74, 6) is 0. The first-order valence-corrected chi connectivity index (χ1v) is 2.12. The molecule has 0 aromatic carbocycles. The van der Waals surface area contributed by atoms with Crippen LogP contribution in [0.1, 0.15) is 0 Å². The second kappa shape index (κ2) is 1150. The molecule has 0 heterocycles. The average Bonchev–Trinajstić information content (AvgIpc) is 2.63. The van der Waals surface area contributed by atoms with Crippen LogP contribution in [-0.4, -0.2) is 61.1 Å². The molecule has 11 heteroatoms. The Labute approximate surface area is 138 Å². The van der Waals surface area contributed by atoms with E-state index in [2.05, 4.69) is 61.1 Å². The maximum atomic E-state index is 7.75. The molecule has 0 amide bonds. The van der Waals surface area contributed by atoms with Crippen LogP contribution in [0.2, 0.25) is 0 Å². The molecule has 0 atom stereocenters. The van der Waals surface area contributed by atoms with E-state index >= 15 is 0 Å². The molecular weight excluding hydrogens is 370 g/mol. The van der Waals surface area contributed by atoms with Gasteiger partial charge in [-0.05, 0) is 0 Å². The van der Waals surface area contributed by atoms with E-state index in [1.807, 2.05) is 0 Å². The molecule has 0 unspecified atom stereocenters. The maximum Gasteiger partial charge on any atom is 0 e. The Hall–Kier alpha value is -1.96. The van der Waals surface area contributed by atoms with Crippen molar-refractivity contribution in [2.24, 2.45) is 0 Å². The van der Waals surface area contributed by atoms with Gasteiger partial charge in [0.15, 0.2) is 0 Å². The summed E-state index contributed by atoms with van der Waals surface area (Å²) < 4.78 is 0. The molecule has 0 aliphatic heterocycles. The van der Waals surface area contributed by atoms with Gasteiger partial charge >= 0.3 is 0 Å². The van der Waals surface area contributed by atoms with E-state index in [-0.39, 0.29) is 33.6 Å².